The molecular weight excluding hydrogens is 361 g/mol. The Morgan fingerprint density at radius 1 is 1.11 bits per heavy atom. The number of alkyl halides is 3. The van der Waals surface area contributed by atoms with Gasteiger partial charge in [0.1, 0.15) is 0 Å². The van der Waals surface area contributed by atoms with Crippen LogP contribution in [0.15, 0.2) is 18.2 Å². The number of anilines is 1. The van der Waals surface area contributed by atoms with Crippen molar-refractivity contribution in [2.45, 2.75) is 45.7 Å². The third kappa shape index (κ3) is 4.54. The number of nitrogens with zero attached hydrogens (tertiary/aromatic N) is 1. The average molecular weight is 386 g/mol. The Kier molecular flexibility index (Phi) is 6.07. The van der Waals surface area contributed by atoms with E-state index in [-0.39, 0.29) is 11.8 Å². The van der Waals surface area contributed by atoms with Gasteiger partial charge in [-0.2, -0.15) is 13.2 Å². The summed E-state index contributed by atoms with van der Waals surface area (Å²) in [5, 5.41) is 11.9. The van der Waals surface area contributed by atoms with Crippen LogP contribution in [-0.4, -0.2) is 41.3 Å². The molecule has 2 amide bonds. The zero-order valence-corrected chi connectivity index (χ0v) is 15.8. The smallest absolute Gasteiger partial charge is 0.394 e. The van der Waals surface area contributed by atoms with E-state index in [0.29, 0.717) is 5.69 Å². The molecule has 8 heteroatoms. The number of carbonyl (C=O) groups is 2. The van der Waals surface area contributed by atoms with Gasteiger partial charge in [0, 0.05) is 18.8 Å². The van der Waals surface area contributed by atoms with E-state index >= 15 is 0 Å². The Labute approximate surface area is 156 Å². The standard InChI is InChI=1S/C19H25F3N2O3/c1-10(2)12-6-5-7-13(11(3)4)16(12)23-18(27)24-8-14(17(25)26)15(9-24)19(20,21)22/h5-7,10-11,14-15H,8-9H2,1-4H3,(H,23,27)(H,25,26)/t14-,15-/m1/s1. The van der Waals surface area contributed by atoms with Crippen molar-refractivity contribution in [3.63, 3.8) is 0 Å². The number of likely N-dealkylation sites (tertiary alicyclic amines) is 1. The van der Waals surface area contributed by atoms with Gasteiger partial charge in [0.05, 0.1) is 11.8 Å². The monoisotopic (exact) mass is 386 g/mol. The van der Waals surface area contributed by atoms with Crippen LogP contribution < -0.4 is 5.32 Å². The molecule has 0 aliphatic carbocycles. The largest absolute Gasteiger partial charge is 0.481 e. The lowest BCUT2D eigenvalue weighted by molar-refractivity contribution is -0.187. The van der Waals surface area contributed by atoms with Gasteiger partial charge in [-0.05, 0) is 23.0 Å². The van der Waals surface area contributed by atoms with Gasteiger partial charge in [-0.15, -0.1) is 0 Å². The number of urea groups is 1. The van der Waals surface area contributed by atoms with E-state index in [1.165, 1.54) is 0 Å². The summed E-state index contributed by atoms with van der Waals surface area (Å²) >= 11 is 0. The lowest BCUT2D eigenvalue weighted by Crippen LogP contribution is -2.35. The number of nitrogens with one attached hydrogen (secondary N) is 1. The molecule has 0 spiro atoms. The molecule has 0 saturated carbocycles. The first-order chi connectivity index (χ1) is 12.4. The van der Waals surface area contributed by atoms with Gasteiger partial charge in [-0.1, -0.05) is 45.9 Å². The number of hydrogen-bond acceptors (Lipinski definition) is 2. The summed E-state index contributed by atoms with van der Waals surface area (Å²) in [5.41, 5.74) is 2.36. The number of carboxylic acid groups (broad SMARTS) is 1. The van der Waals surface area contributed by atoms with Crippen LogP contribution in [0.4, 0.5) is 23.7 Å². The lowest BCUT2D eigenvalue weighted by Gasteiger charge is -2.23. The van der Waals surface area contributed by atoms with Crippen molar-refractivity contribution in [3.8, 4) is 0 Å². The Hall–Kier alpha value is -2.25. The normalized spacial score (nSPS) is 20.4. The Morgan fingerprint density at radius 2 is 1.63 bits per heavy atom. The van der Waals surface area contributed by atoms with Crippen molar-refractivity contribution < 1.29 is 27.9 Å². The minimum Gasteiger partial charge on any atom is -0.481 e. The summed E-state index contributed by atoms with van der Waals surface area (Å²) in [5.74, 6) is -5.05. The topological polar surface area (TPSA) is 69.6 Å². The number of para-hydroxylation sites is 1. The van der Waals surface area contributed by atoms with E-state index in [2.05, 4.69) is 5.32 Å². The van der Waals surface area contributed by atoms with Crippen LogP contribution in [0.2, 0.25) is 0 Å². The van der Waals surface area contributed by atoms with E-state index < -0.39 is 43.1 Å². The number of benzene rings is 1. The van der Waals surface area contributed by atoms with Crippen molar-refractivity contribution in [1.82, 2.24) is 4.90 Å². The molecule has 1 aliphatic heterocycles. The van der Waals surface area contributed by atoms with Gasteiger partial charge in [0.25, 0.3) is 0 Å². The van der Waals surface area contributed by atoms with E-state index in [0.717, 1.165) is 16.0 Å². The van der Waals surface area contributed by atoms with Gasteiger partial charge < -0.3 is 15.3 Å². The molecule has 1 heterocycles. The quantitative estimate of drug-likeness (QED) is 0.791. The summed E-state index contributed by atoms with van der Waals surface area (Å²) in [6, 6.07) is 4.92. The fraction of sp³-hybridized carbons (Fsp3) is 0.579. The molecule has 0 aromatic heterocycles. The van der Waals surface area contributed by atoms with Crippen LogP contribution in [0.25, 0.3) is 0 Å². The first-order valence-corrected chi connectivity index (χ1v) is 8.91. The molecule has 1 fully saturated rings. The Balaban J connectivity index is 2.29. The maximum Gasteiger partial charge on any atom is 0.394 e. The summed E-state index contributed by atoms with van der Waals surface area (Å²) in [7, 11) is 0. The fourth-order valence-corrected chi connectivity index (χ4v) is 3.43. The van der Waals surface area contributed by atoms with Crippen LogP contribution in [0, 0.1) is 11.8 Å². The zero-order chi connectivity index (χ0) is 20.5. The first-order valence-electron chi connectivity index (χ1n) is 8.91. The number of aliphatic carboxylic acids is 1. The molecule has 1 aliphatic rings. The molecule has 2 N–H and O–H groups in total. The molecule has 0 radical (unpaired) electrons. The van der Waals surface area contributed by atoms with Crippen molar-refractivity contribution >= 4 is 17.7 Å². The molecule has 2 rings (SSSR count). The maximum atomic E-state index is 13.2. The average Bonchev–Trinajstić information content (AvgIpc) is 3.00. The van der Waals surface area contributed by atoms with Crippen LogP contribution in [0.1, 0.15) is 50.7 Å². The molecule has 5 nitrogen and oxygen atoms in total. The predicted octanol–water partition coefficient (Wildman–Crippen LogP) is 4.66. The number of amides is 2. The number of halogens is 3. The molecule has 150 valence electrons. The highest BCUT2D eigenvalue weighted by Crippen LogP contribution is 2.38. The van der Waals surface area contributed by atoms with Crippen LogP contribution in [0.5, 0.6) is 0 Å². The predicted molar refractivity (Wildman–Crippen MR) is 95.9 cm³/mol. The van der Waals surface area contributed by atoms with E-state index in [1.54, 1.807) is 0 Å². The van der Waals surface area contributed by atoms with Gasteiger partial charge in [-0.25, -0.2) is 4.79 Å². The number of carboxylic acids is 1. The summed E-state index contributed by atoms with van der Waals surface area (Å²) < 4.78 is 39.5. The Bertz CT molecular complexity index is 690. The van der Waals surface area contributed by atoms with Crippen molar-refractivity contribution in [2.24, 2.45) is 11.8 Å². The van der Waals surface area contributed by atoms with Gasteiger partial charge in [0.15, 0.2) is 0 Å². The lowest BCUT2D eigenvalue weighted by atomic mass is 9.93. The van der Waals surface area contributed by atoms with Gasteiger partial charge in [0.2, 0.25) is 0 Å². The summed E-state index contributed by atoms with van der Waals surface area (Å²) in [6.45, 7) is 6.73. The van der Waals surface area contributed by atoms with Crippen LogP contribution >= 0.6 is 0 Å². The molecule has 1 saturated heterocycles. The highest BCUT2D eigenvalue weighted by atomic mass is 19.4. The third-order valence-corrected chi connectivity index (χ3v) is 4.95. The second-order valence-corrected chi connectivity index (χ2v) is 7.55. The molecular formula is C19H25F3N2O3. The molecule has 1 aromatic carbocycles. The molecule has 0 bridgehead atoms. The second kappa shape index (κ2) is 7.78. The SMILES string of the molecule is CC(C)c1cccc(C(C)C)c1NC(=O)N1C[C@@H](C(F)(F)F)[C@H](C(=O)O)C1. The van der Waals surface area contributed by atoms with Crippen molar-refractivity contribution in [3.05, 3.63) is 29.3 Å². The number of rotatable bonds is 4. The fourth-order valence-electron chi connectivity index (χ4n) is 3.43. The number of hydrogen-bond donors (Lipinski definition) is 2. The van der Waals surface area contributed by atoms with E-state index in [1.807, 2.05) is 45.9 Å². The summed E-state index contributed by atoms with van der Waals surface area (Å²) in [6.07, 6.45) is -4.67. The van der Waals surface area contributed by atoms with Crippen molar-refractivity contribution in [2.75, 3.05) is 18.4 Å². The number of carbonyl (C=O) groups excluding carboxylic acids is 1. The Morgan fingerprint density at radius 3 is 2.00 bits per heavy atom. The molecule has 27 heavy (non-hydrogen) atoms. The highest BCUT2D eigenvalue weighted by Gasteiger charge is 2.53. The maximum absolute atomic E-state index is 13.2. The van der Waals surface area contributed by atoms with E-state index in [4.69, 9.17) is 5.11 Å². The first kappa shape index (κ1) is 21.1. The van der Waals surface area contributed by atoms with Gasteiger partial charge >= 0.3 is 18.2 Å². The van der Waals surface area contributed by atoms with Crippen LogP contribution in [-0.2, 0) is 4.79 Å². The second-order valence-electron chi connectivity index (χ2n) is 7.55. The van der Waals surface area contributed by atoms with Crippen LogP contribution in [0.3, 0.4) is 0 Å². The van der Waals surface area contributed by atoms with E-state index in [9.17, 15) is 22.8 Å². The van der Waals surface area contributed by atoms with Gasteiger partial charge in [-0.3, -0.25) is 4.79 Å². The molecule has 2 atom stereocenters. The minimum absolute atomic E-state index is 0.104. The third-order valence-electron chi connectivity index (χ3n) is 4.95. The van der Waals surface area contributed by atoms with Crippen molar-refractivity contribution in [1.29, 1.82) is 0 Å². The summed E-state index contributed by atoms with van der Waals surface area (Å²) in [4.78, 5) is 24.8. The molecule has 0 unspecified atom stereocenters. The highest BCUT2D eigenvalue weighted by molar-refractivity contribution is 5.92. The molecule has 1 aromatic rings. The zero-order valence-electron chi connectivity index (χ0n) is 15.8. The minimum atomic E-state index is -4.67.